The number of hydrogen-bond acceptors (Lipinski definition) is 1. The fourth-order valence-corrected chi connectivity index (χ4v) is 3.99. The van der Waals surface area contributed by atoms with E-state index in [-0.39, 0.29) is 65.9 Å². The molecule has 1 fully saturated rings. The molecule has 1 nitrogen and oxygen atoms in total. The molecule has 1 heterocycles. The molecule has 0 N–H and O–H groups in total. The van der Waals surface area contributed by atoms with Crippen molar-refractivity contribution >= 4 is 62.0 Å². The first kappa shape index (κ1) is 36.5. The van der Waals surface area contributed by atoms with Crippen LogP contribution in [0.15, 0.2) is 28.7 Å². The SMILES string of the molecule is C1CCOC1.CCc1[c-]c(CC)cc(C)c1.CCc1cc(C)cc(CC)c1Br.[Br-].[H-].[H-].[Mg+2].[Mg+2]. The monoisotopic (exact) mass is 574 g/mol. The van der Waals surface area contributed by atoms with Gasteiger partial charge in [-0.1, -0.05) is 81.1 Å². The smallest absolute Gasteiger partial charge is 1.00 e. The average molecular weight is 577 g/mol. The van der Waals surface area contributed by atoms with E-state index in [9.17, 15) is 0 Å². The molecule has 0 saturated carbocycles. The zero-order valence-corrected chi connectivity index (χ0v) is 26.5. The second kappa shape index (κ2) is 21.4. The summed E-state index contributed by atoms with van der Waals surface area (Å²) in [6, 6.07) is 12.3. The fraction of sp³-hybridized carbons (Fsp3) is 0.538. The molecule has 1 saturated heterocycles. The van der Waals surface area contributed by atoms with Crippen molar-refractivity contribution in [3.8, 4) is 0 Å². The van der Waals surface area contributed by atoms with Gasteiger partial charge in [-0.25, -0.2) is 0 Å². The quantitative estimate of drug-likeness (QED) is 0.394. The molecule has 31 heavy (non-hydrogen) atoms. The largest absolute Gasteiger partial charge is 2.00 e. The summed E-state index contributed by atoms with van der Waals surface area (Å²) in [5.41, 5.74) is 8.24. The van der Waals surface area contributed by atoms with Gasteiger partial charge in [0.25, 0.3) is 0 Å². The number of benzene rings is 2. The summed E-state index contributed by atoms with van der Waals surface area (Å²) in [5.74, 6) is 0. The van der Waals surface area contributed by atoms with E-state index in [0.29, 0.717) is 0 Å². The second-order valence-electron chi connectivity index (χ2n) is 7.34. The first-order valence-corrected chi connectivity index (χ1v) is 11.6. The molecule has 2 aromatic rings. The van der Waals surface area contributed by atoms with E-state index < -0.39 is 0 Å². The van der Waals surface area contributed by atoms with Gasteiger partial charge in [-0.2, -0.15) is 34.9 Å². The molecule has 0 atom stereocenters. The average Bonchev–Trinajstić information content (AvgIpc) is 3.29. The number of rotatable bonds is 4. The summed E-state index contributed by atoms with van der Waals surface area (Å²) in [7, 11) is 0. The van der Waals surface area contributed by atoms with Crippen molar-refractivity contribution in [2.75, 3.05) is 13.2 Å². The van der Waals surface area contributed by atoms with E-state index in [2.05, 4.69) is 87.8 Å². The molecule has 0 aliphatic carbocycles. The third kappa shape index (κ3) is 14.7. The summed E-state index contributed by atoms with van der Waals surface area (Å²) < 4.78 is 6.25. The molecular formula is C26H40Br2Mg2O. The van der Waals surface area contributed by atoms with Gasteiger partial charge in [-0.15, -0.1) is 0 Å². The van der Waals surface area contributed by atoms with Gasteiger partial charge in [0.05, 0.1) is 0 Å². The maximum atomic E-state index is 4.94. The third-order valence-corrected chi connectivity index (χ3v) is 5.86. The molecular weight excluding hydrogens is 537 g/mol. The summed E-state index contributed by atoms with van der Waals surface area (Å²) in [4.78, 5) is 0. The van der Waals surface area contributed by atoms with Gasteiger partial charge in [0, 0.05) is 17.7 Å². The second-order valence-corrected chi connectivity index (χ2v) is 8.13. The van der Waals surface area contributed by atoms with E-state index in [1.807, 2.05) is 0 Å². The topological polar surface area (TPSA) is 9.23 Å². The van der Waals surface area contributed by atoms with Gasteiger partial charge in [0.2, 0.25) is 0 Å². The van der Waals surface area contributed by atoms with E-state index in [0.717, 1.165) is 38.9 Å². The van der Waals surface area contributed by atoms with Crippen LogP contribution in [0.4, 0.5) is 0 Å². The van der Waals surface area contributed by atoms with Gasteiger partial charge in [-0.05, 0) is 43.7 Å². The van der Waals surface area contributed by atoms with Crippen LogP contribution in [-0.2, 0) is 30.4 Å². The Morgan fingerprint density at radius 3 is 1.45 bits per heavy atom. The van der Waals surface area contributed by atoms with Gasteiger partial charge >= 0.3 is 46.1 Å². The predicted molar refractivity (Wildman–Crippen MR) is 140 cm³/mol. The van der Waals surface area contributed by atoms with Crippen molar-refractivity contribution in [2.45, 2.75) is 80.1 Å². The van der Waals surface area contributed by atoms with Crippen molar-refractivity contribution in [3.05, 3.63) is 68.2 Å². The molecule has 0 aromatic heterocycles. The van der Waals surface area contributed by atoms with Crippen molar-refractivity contribution in [1.82, 2.24) is 0 Å². The van der Waals surface area contributed by atoms with E-state index in [4.69, 9.17) is 4.74 Å². The maximum absolute atomic E-state index is 4.94. The molecule has 0 bridgehead atoms. The minimum absolute atomic E-state index is 0. The standard InChI is InChI=1S/C11H15Br.C11H15.C4H8O.BrH.2Mg.2H/c1-4-9-6-8(3)7-10(5-2)11(9)12;1-4-10-6-9(3)7-11(5-2)8-10;1-2-4-5-3-1;;;;;/h6-7H,4-5H2,1-3H3;6-7H,4-5H2,1-3H3;1-4H2;1H;;;;/q;-1;;;2*+2;2*-1/p-1. The summed E-state index contributed by atoms with van der Waals surface area (Å²) in [6.07, 6.45) is 6.95. The van der Waals surface area contributed by atoms with Crippen molar-refractivity contribution in [2.24, 2.45) is 0 Å². The molecule has 0 spiro atoms. The van der Waals surface area contributed by atoms with Crippen LogP contribution in [-0.4, -0.2) is 59.3 Å². The number of ether oxygens (including phenoxy) is 1. The number of aryl methyl sites for hydroxylation is 6. The van der Waals surface area contributed by atoms with Gasteiger partial charge in [0.15, 0.2) is 0 Å². The Labute approximate surface area is 246 Å². The zero-order chi connectivity index (χ0) is 20.9. The molecule has 2 aromatic carbocycles. The summed E-state index contributed by atoms with van der Waals surface area (Å²) in [5, 5.41) is 0. The van der Waals surface area contributed by atoms with Crippen molar-refractivity contribution in [3.63, 3.8) is 0 Å². The van der Waals surface area contributed by atoms with Crippen LogP contribution in [0.1, 0.15) is 76.8 Å². The van der Waals surface area contributed by atoms with Crippen LogP contribution < -0.4 is 17.0 Å². The summed E-state index contributed by atoms with van der Waals surface area (Å²) in [6.45, 7) is 15.0. The fourth-order valence-electron chi connectivity index (χ4n) is 3.20. The van der Waals surface area contributed by atoms with Crippen molar-refractivity contribution < 1.29 is 24.6 Å². The first-order chi connectivity index (χ1) is 13.4. The molecule has 0 unspecified atom stereocenters. The van der Waals surface area contributed by atoms with E-state index in [1.165, 1.54) is 50.7 Å². The van der Waals surface area contributed by atoms with Crippen LogP contribution in [0.2, 0.25) is 0 Å². The van der Waals surface area contributed by atoms with Crippen LogP contribution >= 0.6 is 15.9 Å². The van der Waals surface area contributed by atoms with Crippen LogP contribution in [0.25, 0.3) is 0 Å². The van der Waals surface area contributed by atoms with Crippen LogP contribution in [0.5, 0.6) is 0 Å². The first-order valence-electron chi connectivity index (χ1n) is 10.8. The Balaban J connectivity index is -0.000000117. The Morgan fingerprint density at radius 2 is 1.16 bits per heavy atom. The zero-order valence-electron chi connectivity index (χ0n) is 22.5. The Kier molecular flexibility index (Phi) is 25.2. The molecule has 5 heteroatoms. The van der Waals surface area contributed by atoms with Crippen LogP contribution in [0, 0.1) is 19.9 Å². The molecule has 0 radical (unpaired) electrons. The maximum Gasteiger partial charge on any atom is 2.00 e. The molecule has 0 amide bonds. The number of hydrogen-bond donors (Lipinski definition) is 0. The van der Waals surface area contributed by atoms with Gasteiger partial charge in [-0.3, -0.25) is 0 Å². The third-order valence-electron chi connectivity index (χ3n) is 4.84. The Bertz CT molecular complexity index is 673. The Hall–Kier alpha value is 0.892. The van der Waals surface area contributed by atoms with Crippen LogP contribution in [0.3, 0.4) is 0 Å². The number of halogens is 2. The predicted octanol–water partition coefficient (Wildman–Crippen LogP) is 4.07. The van der Waals surface area contributed by atoms with Crippen molar-refractivity contribution in [1.29, 1.82) is 0 Å². The molecule has 1 aliphatic rings. The van der Waals surface area contributed by atoms with Gasteiger partial charge in [0.1, 0.15) is 0 Å². The summed E-state index contributed by atoms with van der Waals surface area (Å²) >= 11 is 3.64. The normalized spacial score (nSPS) is 11.5. The van der Waals surface area contributed by atoms with E-state index in [1.54, 1.807) is 0 Å². The molecule has 1 aliphatic heterocycles. The minimum atomic E-state index is 0. The minimum Gasteiger partial charge on any atom is -1.00 e. The Morgan fingerprint density at radius 1 is 0.774 bits per heavy atom. The van der Waals surface area contributed by atoms with Gasteiger partial charge < -0.3 is 24.6 Å². The van der Waals surface area contributed by atoms with E-state index >= 15 is 0 Å². The molecule has 168 valence electrons. The molecule has 3 rings (SSSR count).